The SMILES string of the molecule is Cc1c(F)cccc1-c1ccc2nc(NC(=O)C3CC(F)(F)C3)cn2c1. The van der Waals surface area contributed by atoms with Crippen molar-refractivity contribution in [2.75, 3.05) is 5.32 Å². The molecule has 1 aliphatic carbocycles. The van der Waals surface area contributed by atoms with Crippen molar-refractivity contribution < 1.29 is 18.0 Å². The van der Waals surface area contributed by atoms with E-state index in [1.165, 1.54) is 6.07 Å². The number of fused-ring (bicyclic) bond motifs is 1. The molecule has 26 heavy (non-hydrogen) atoms. The van der Waals surface area contributed by atoms with Gasteiger partial charge in [0, 0.05) is 25.0 Å². The van der Waals surface area contributed by atoms with Crippen LogP contribution in [-0.2, 0) is 4.79 Å². The van der Waals surface area contributed by atoms with Gasteiger partial charge in [-0.15, -0.1) is 0 Å². The number of nitrogens with zero attached hydrogens (tertiary/aromatic N) is 2. The number of aromatic nitrogens is 2. The predicted octanol–water partition coefficient (Wildman–Crippen LogP) is 4.43. The Bertz CT molecular complexity index is 1000. The number of nitrogens with one attached hydrogen (secondary N) is 1. The zero-order valence-electron chi connectivity index (χ0n) is 14.0. The van der Waals surface area contributed by atoms with Gasteiger partial charge < -0.3 is 9.72 Å². The van der Waals surface area contributed by atoms with Gasteiger partial charge in [0.25, 0.3) is 0 Å². The van der Waals surface area contributed by atoms with Gasteiger partial charge in [0.05, 0.1) is 6.20 Å². The Morgan fingerprint density at radius 3 is 2.73 bits per heavy atom. The largest absolute Gasteiger partial charge is 0.309 e. The molecule has 1 amide bonds. The van der Waals surface area contributed by atoms with E-state index >= 15 is 0 Å². The molecule has 1 aromatic carbocycles. The van der Waals surface area contributed by atoms with Gasteiger partial charge in [0.1, 0.15) is 11.5 Å². The molecule has 1 saturated carbocycles. The van der Waals surface area contributed by atoms with Crippen molar-refractivity contribution in [3.05, 3.63) is 54.1 Å². The fourth-order valence-electron chi connectivity index (χ4n) is 3.21. The number of benzene rings is 1. The lowest BCUT2D eigenvalue weighted by atomic mass is 9.81. The summed E-state index contributed by atoms with van der Waals surface area (Å²) in [5.41, 5.74) is 2.72. The van der Waals surface area contributed by atoms with Crippen LogP contribution < -0.4 is 5.32 Å². The number of amides is 1. The van der Waals surface area contributed by atoms with E-state index in [1.54, 1.807) is 35.9 Å². The molecule has 4 rings (SSSR count). The molecule has 1 N–H and O–H groups in total. The number of halogens is 3. The van der Waals surface area contributed by atoms with Crippen molar-refractivity contribution in [2.24, 2.45) is 5.92 Å². The first-order chi connectivity index (χ1) is 12.3. The molecule has 0 radical (unpaired) electrons. The second-order valence-electron chi connectivity index (χ2n) is 6.67. The second kappa shape index (κ2) is 5.86. The molecular weight excluding hydrogens is 343 g/mol. The summed E-state index contributed by atoms with van der Waals surface area (Å²) in [5.74, 6) is -3.84. The molecule has 0 atom stereocenters. The van der Waals surface area contributed by atoms with Crippen LogP contribution >= 0.6 is 0 Å². The highest BCUT2D eigenvalue weighted by atomic mass is 19.3. The quantitative estimate of drug-likeness (QED) is 0.752. The van der Waals surface area contributed by atoms with Gasteiger partial charge >= 0.3 is 0 Å². The van der Waals surface area contributed by atoms with E-state index in [2.05, 4.69) is 10.3 Å². The van der Waals surface area contributed by atoms with Crippen LogP contribution in [0.15, 0.2) is 42.7 Å². The Labute approximate surface area is 147 Å². The Morgan fingerprint density at radius 2 is 2.00 bits per heavy atom. The Hall–Kier alpha value is -2.83. The molecule has 2 heterocycles. The fourth-order valence-corrected chi connectivity index (χ4v) is 3.21. The van der Waals surface area contributed by atoms with Gasteiger partial charge in [-0.05, 0) is 41.8 Å². The van der Waals surface area contributed by atoms with E-state index in [1.807, 2.05) is 12.1 Å². The number of alkyl halides is 2. The first-order valence-electron chi connectivity index (χ1n) is 8.25. The van der Waals surface area contributed by atoms with Crippen LogP contribution in [0.1, 0.15) is 18.4 Å². The van der Waals surface area contributed by atoms with Gasteiger partial charge in [-0.1, -0.05) is 12.1 Å². The molecule has 2 aromatic heterocycles. The average Bonchev–Trinajstić information content (AvgIpc) is 2.96. The first kappa shape index (κ1) is 16.6. The fraction of sp³-hybridized carbons (Fsp3) is 0.263. The normalized spacial score (nSPS) is 16.5. The maximum Gasteiger partial charge on any atom is 0.249 e. The zero-order chi connectivity index (χ0) is 18.5. The van der Waals surface area contributed by atoms with Gasteiger partial charge in [-0.3, -0.25) is 4.79 Å². The molecule has 1 fully saturated rings. The summed E-state index contributed by atoms with van der Waals surface area (Å²) in [6.07, 6.45) is 2.56. The molecule has 4 nitrogen and oxygen atoms in total. The van der Waals surface area contributed by atoms with Crippen molar-refractivity contribution in [1.82, 2.24) is 9.38 Å². The minimum atomic E-state index is -2.74. The standard InChI is InChI=1S/C19H16F3N3O/c1-11-14(3-2-4-15(11)20)12-5-6-17-23-16(10-25(17)9-12)24-18(26)13-7-19(21,22)8-13/h2-6,9-10,13H,7-8H2,1H3,(H,24,26). The number of hydrogen-bond donors (Lipinski definition) is 1. The molecule has 134 valence electrons. The summed E-state index contributed by atoms with van der Waals surface area (Å²) < 4.78 is 41.3. The highest BCUT2D eigenvalue weighted by Crippen LogP contribution is 2.42. The lowest BCUT2D eigenvalue weighted by Crippen LogP contribution is -2.42. The lowest BCUT2D eigenvalue weighted by Gasteiger charge is -2.33. The van der Waals surface area contributed by atoms with E-state index < -0.39 is 30.6 Å². The zero-order valence-corrected chi connectivity index (χ0v) is 14.0. The molecule has 0 saturated heterocycles. The summed E-state index contributed by atoms with van der Waals surface area (Å²) >= 11 is 0. The van der Waals surface area contributed by atoms with Crippen LogP contribution in [0.3, 0.4) is 0 Å². The maximum atomic E-state index is 13.8. The second-order valence-corrected chi connectivity index (χ2v) is 6.67. The third-order valence-corrected chi connectivity index (χ3v) is 4.74. The van der Waals surface area contributed by atoms with E-state index in [4.69, 9.17) is 0 Å². The van der Waals surface area contributed by atoms with E-state index in [0.717, 1.165) is 11.1 Å². The number of carbonyl (C=O) groups is 1. The van der Waals surface area contributed by atoms with Crippen molar-refractivity contribution in [1.29, 1.82) is 0 Å². The number of rotatable bonds is 3. The molecule has 0 bridgehead atoms. The monoisotopic (exact) mass is 359 g/mol. The van der Waals surface area contributed by atoms with E-state index in [9.17, 15) is 18.0 Å². The highest BCUT2D eigenvalue weighted by molar-refractivity contribution is 5.92. The summed E-state index contributed by atoms with van der Waals surface area (Å²) in [6.45, 7) is 1.71. The predicted molar refractivity (Wildman–Crippen MR) is 91.6 cm³/mol. The minimum absolute atomic E-state index is 0.279. The van der Waals surface area contributed by atoms with Crippen molar-refractivity contribution in [3.8, 4) is 11.1 Å². The highest BCUT2D eigenvalue weighted by Gasteiger charge is 2.48. The Morgan fingerprint density at radius 1 is 1.23 bits per heavy atom. The average molecular weight is 359 g/mol. The minimum Gasteiger partial charge on any atom is -0.309 e. The lowest BCUT2D eigenvalue weighted by molar-refractivity contribution is -0.145. The van der Waals surface area contributed by atoms with Crippen LogP contribution in [0.4, 0.5) is 19.0 Å². The molecule has 0 spiro atoms. The smallest absolute Gasteiger partial charge is 0.249 e. The third-order valence-electron chi connectivity index (χ3n) is 4.74. The number of carbonyl (C=O) groups excluding carboxylic acids is 1. The number of imidazole rings is 1. The summed E-state index contributed by atoms with van der Waals surface area (Å²) in [7, 11) is 0. The maximum absolute atomic E-state index is 13.8. The molecular formula is C19H16F3N3O. The van der Waals surface area contributed by atoms with Gasteiger partial charge in [0.15, 0.2) is 5.82 Å². The van der Waals surface area contributed by atoms with Gasteiger partial charge in [0.2, 0.25) is 11.8 Å². The van der Waals surface area contributed by atoms with Crippen LogP contribution in [0, 0.1) is 18.7 Å². The van der Waals surface area contributed by atoms with Gasteiger partial charge in [-0.25, -0.2) is 18.2 Å². The van der Waals surface area contributed by atoms with Crippen LogP contribution in [0.2, 0.25) is 0 Å². The third kappa shape index (κ3) is 2.94. The topological polar surface area (TPSA) is 46.4 Å². The Kier molecular flexibility index (Phi) is 3.75. The van der Waals surface area contributed by atoms with Crippen molar-refractivity contribution in [2.45, 2.75) is 25.7 Å². The molecule has 0 unspecified atom stereocenters. The van der Waals surface area contributed by atoms with Crippen molar-refractivity contribution >= 4 is 17.4 Å². The number of hydrogen-bond acceptors (Lipinski definition) is 2. The first-order valence-corrected chi connectivity index (χ1v) is 8.25. The van der Waals surface area contributed by atoms with Crippen LogP contribution in [-0.4, -0.2) is 21.2 Å². The van der Waals surface area contributed by atoms with Crippen LogP contribution in [0.5, 0.6) is 0 Å². The number of anilines is 1. The molecule has 3 aromatic rings. The molecule has 7 heteroatoms. The molecule has 1 aliphatic rings. The summed E-state index contributed by atoms with van der Waals surface area (Å²) in [4.78, 5) is 16.3. The Balaban J connectivity index is 1.58. The van der Waals surface area contributed by atoms with Gasteiger partial charge in [-0.2, -0.15) is 0 Å². The molecule has 0 aliphatic heterocycles. The number of pyridine rings is 1. The summed E-state index contributed by atoms with van der Waals surface area (Å²) in [6, 6.07) is 8.47. The van der Waals surface area contributed by atoms with E-state index in [-0.39, 0.29) is 5.82 Å². The summed E-state index contributed by atoms with van der Waals surface area (Å²) in [5, 5.41) is 2.59. The van der Waals surface area contributed by atoms with E-state index in [0.29, 0.717) is 17.0 Å². The van der Waals surface area contributed by atoms with Crippen LogP contribution in [0.25, 0.3) is 16.8 Å². The van der Waals surface area contributed by atoms with Crippen molar-refractivity contribution in [3.63, 3.8) is 0 Å².